The van der Waals surface area contributed by atoms with E-state index in [1.807, 2.05) is 25.1 Å². The molecule has 21 heavy (non-hydrogen) atoms. The van der Waals surface area contributed by atoms with Crippen molar-refractivity contribution in [3.05, 3.63) is 23.8 Å². The summed E-state index contributed by atoms with van der Waals surface area (Å²) in [7, 11) is 1.65. The Morgan fingerprint density at radius 1 is 1.33 bits per heavy atom. The summed E-state index contributed by atoms with van der Waals surface area (Å²) >= 11 is 0. The van der Waals surface area contributed by atoms with Crippen LogP contribution >= 0.6 is 0 Å². The van der Waals surface area contributed by atoms with Crippen molar-refractivity contribution in [1.29, 1.82) is 0 Å². The van der Waals surface area contributed by atoms with E-state index in [2.05, 4.69) is 10.6 Å². The Morgan fingerprint density at radius 3 is 2.76 bits per heavy atom. The van der Waals surface area contributed by atoms with Crippen LogP contribution < -0.4 is 15.4 Å². The molecule has 1 fully saturated rings. The predicted molar refractivity (Wildman–Crippen MR) is 82.8 cm³/mol. The van der Waals surface area contributed by atoms with Gasteiger partial charge < -0.3 is 20.1 Å². The number of hydrogen-bond acceptors (Lipinski definition) is 4. The molecule has 0 radical (unpaired) electrons. The van der Waals surface area contributed by atoms with Crippen LogP contribution in [-0.2, 0) is 9.53 Å². The van der Waals surface area contributed by atoms with Crippen molar-refractivity contribution in [1.82, 2.24) is 5.32 Å². The highest BCUT2D eigenvalue weighted by atomic mass is 16.5. The number of hydrogen-bond donors (Lipinski definition) is 2. The summed E-state index contributed by atoms with van der Waals surface area (Å²) < 4.78 is 10.5. The summed E-state index contributed by atoms with van der Waals surface area (Å²) in [6.07, 6.45) is 1.81. The molecule has 2 N–H and O–H groups in total. The number of anilines is 1. The number of carbonyl (C=O) groups is 1. The molecule has 1 aliphatic rings. The second-order valence-electron chi connectivity index (χ2n) is 5.33. The first-order chi connectivity index (χ1) is 10.2. The molecule has 5 heteroatoms. The first-order valence-electron chi connectivity index (χ1n) is 7.44. The number of amides is 1. The van der Waals surface area contributed by atoms with E-state index < -0.39 is 0 Å². The lowest BCUT2D eigenvalue weighted by atomic mass is 9.97. The third-order valence-electron chi connectivity index (χ3n) is 3.72. The zero-order chi connectivity index (χ0) is 15.1. The minimum Gasteiger partial charge on any atom is -0.491 e. The highest BCUT2D eigenvalue weighted by Crippen LogP contribution is 2.23. The number of benzene rings is 1. The number of aryl methyl sites for hydroxylation is 1. The smallest absolute Gasteiger partial charge is 0.227 e. The lowest BCUT2D eigenvalue weighted by Crippen LogP contribution is -2.34. The van der Waals surface area contributed by atoms with Gasteiger partial charge in [0, 0.05) is 18.7 Å². The van der Waals surface area contributed by atoms with Crippen LogP contribution in [0.2, 0.25) is 0 Å². The first kappa shape index (κ1) is 15.8. The van der Waals surface area contributed by atoms with Crippen LogP contribution in [0.3, 0.4) is 0 Å². The van der Waals surface area contributed by atoms with Crippen LogP contribution in [0.25, 0.3) is 0 Å². The third kappa shape index (κ3) is 4.72. The van der Waals surface area contributed by atoms with Gasteiger partial charge in [-0.15, -0.1) is 0 Å². The molecule has 1 aromatic carbocycles. The molecule has 0 unspecified atom stereocenters. The third-order valence-corrected chi connectivity index (χ3v) is 3.72. The Bertz CT molecular complexity index is 471. The molecule has 1 saturated heterocycles. The summed E-state index contributed by atoms with van der Waals surface area (Å²) in [6, 6.07) is 5.71. The van der Waals surface area contributed by atoms with Gasteiger partial charge in [0.05, 0.1) is 6.61 Å². The standard InChI is InChI=1S/C16H24N2O3/c1-12-11-14(21-10-9-20-2)3-4-15(12)18-16(19)13-5-7-17-8-6-13/h3-4,11,13,17H,5-10H2,1-2H3,(H,18,19). The first-order valence-corrected chi connectivity index (χ1v) is 7.44. The van der Waals surface area contributed by atoms with Gasteiger partial charge in [-0.05, 0) is 56.6 Å². The fourth-order valence-corrected chi connectivity index (χ4v) is 2.43. The molecule has 1 heterocycles. The second-order valence-corrected chi connectivity index (χ2v) is 5.33. The molecule has 0 bridgehead atoms. The van der Waals surface area contributed by atoms with Crippen molar-refractivity contribution in [3.63, 3.8) is 0 Å². The zero-order valence-corrected chi connectivity index (χ0v) is 12.8. The van der Waals surface area contributed by atoms with Gasteiger partial charge >= 0.3 is 0 Å². The van der Waals surface area contributed by atoms with E-state index in [0.717, 1.165) is 42.9 Å². The van der Waals surface area contributed by atoms with Crippen LogP contribution in [0, 0.1) is 12.8 Å². The van der Waals surface area contributed by atoms with Crippen LogP contribution in [0.5, 0.6) is 5.75 Å². The number of nitrogens with one attached hydrogen (secondary N) is 2. The average Bonchev–Trinajstić information content (AvgIpc) is 2.51. The Hall–Kier alpha value is -1.59. The van der Waals surface area contributed by atoms with Crippen molar-refractivity contribution >= 4 is 11.6 Å². The largest absolute Gasteiger partial charge is 0.491 e. The maximum absolute atomic E-state index is 12.2. The number of methoxy groups -OCH3 is 1. The fraction of sp³-hybridized carbons (Fsp3) is 0.562. The van der Waals surface area contributed by atoms with E-state index in [4.69, 9.17) is 9.47 Å². The monoisotopic (exact) mass is 292 g/mol. The Labute approximate surface area is 126 Å². The fourth-order valence-electron chi connectivity index (χ4n) is 2.43. The van der Waals surface area contributed by atoms with Crippen molar-refractivity contribution in [2.75, 3.05) is 38.7 Å². The van der Waals surface area contributed by atoms with E-state index in [1.165, 1.54) is 0 Å². The summed E-state index contributed by atoms with van der Waals surface area (Å²) in [5.74, 6) is 1.03. The van der Waals surface area contributed by atoms with Crippen LogP contribution in [0.1, 0.15) is 18.4 Å². The van der Waals surface area contributed by atoms with Crippen molar-refractivity contribution in [3.8, 4) is 5.75 Å². The number of ether oxygens (including phenoxy) is 2. The van der Waals surface area contributed by atoms with Crippen LogP contribution in [0.15, 0.2) is 18.2 Å². The molecule has 1 aromatic rings. The van der Waals surface area contributed by atoms with Gasteiger partial charge in [0.1, 0.15) is 12.4 Å². The number of piperidine rings is 1. The van der Waals surface area contributed by atoms with Gasteiger partial charge in [0.15, 0.2) is 0 Å². The highest BCUT2D eigenvalue weighted by Gasteiger charge is 2.21. The summed E-state index contributed by atoms with van der Waals surface area (Å²) in [4.78, 5) is 12.2. The van der Waals surface area contributed by atoms with Gasteiger partial charge in [-0.1, -0.05) is 0 Å². The lowest BCUT2D eigenvalue weighted by Gasteiger charge is -2.22. The van der Waals surface area contributed by atoms with E-state index >= 15 is 0 Å². The quantitative estimate of drug-likeness (QED) is 0.787. The average molecular weight is 292 g/mol. The van der Waals surface area contributed by atoms with Crippen molar-refractivity contribution < 1.29 is 14.3 Å². The summed E-state index contributed by atoms with van der Waals surface area (Å²) in [5, 5.41) is 6.30. The number of carbonyl (C=O) groups excluding carboxylic acids is 1. The van der Waals surface area contributed by atoms with Gasteiger partial charge in [-0.2, -0.15) is 0 Å². The molecule has 5 nitrogen and oxygen atoms in total. The zero-order valence-electron chi connectivity index (χ0n) is 12.8. The van der Waals surface area contributed by atoms with Crippen LogP contribution in [-0.4, -0.2) is 39.3 Å². The van der Waals surface area contributed by atoms with Gasteiger partial charge in [-0.25, -0.2) is 0 Å². The minimum atomic E-state index is 0.114. The van der Waals surface area contributed by atoms with E-state index in [9.17, 15) is 4.79 Å². The number of rotatable bonds is 6. The summed E-state index contributed by atoms with van der Waals surface area (Å²) in [6.45, 7) is 4.90. The van der Waals surface area contributed by atoms with Crippen molar-refractivity contribution in [2.45, 2.75) is 19.8 Å². The Balaban J connectivity index is 1.92. The summed E-state index contributed by atoms with van der Waals surface area (Å²) in [5.41, 5.74) is 1.87. The molecule has 0 saturated carbocycles. The lowest BCUT2D eigenvalue weighted by molar-refractivity contribution is -0.120. The molecular formula is C16H24N2O3. The van der Waals surface area contributed by atoms with Crippen molar-refractivity contribution in [2.24, 2.45) is 5.92 Å². The topological polar surface area (TPSA) is 59.6 Å². The van der Waals surface area contributed by atoms with E-state index in [-0.39, 0.29) is 11.8 Å². The molecule has 1 aliphatic heterocycles. The molecule has 0 atom stereocenters. The molecule has 0 spiro atoms. The minimum absolute atomic E-state index is 0.114. The highest BCUT2D eigenvalue weighted by molar-refractivity contribution is 5.93. The Kier molecular flexibility index (Phi) is 6.02. The van der Waals surface area contributed by atoms with Crippen LogP contribution in [0.4, 0.5) is 5.69 Å². The molecule has 0 aliphatic carbocycles. The normalized spacial score (nSPS) is 15.7. The molecule has 1 amide bonds. The Morgan fingerprint density at radius 2 is 2.10 bits per heavy atom. The maximum atomic E-state index is 12.2. The predicted octanol–water partition coefficient (Wildman–Crippen LogP) is 1.96. The van der Waals surface area contributed by atoms with Gasteiger partial charge in [0.2, 0.25) is 5.91 Å². The van der Waals surface area contributed by atoms with E-state index in [0.29, 0.717) is 13.2 Å². The van der Waals surface area contributed by atoms with Gasteiger partial charge in [-0.3, -0.25) is 4.79 Å². The molecule has 0 aromatic heterocycles. The van der Waals surface area contributed by atoms with Gasteiger partial charge in [0.25, 0.3) is 0 Å². The van der Waals surface area contributed by atoms with E-state index in [1.54, 1.807) is 7.11 Å². The molecular weight excluding hydrogens is 268 g/mol. The SMILES string of the molecule is COCCOc1ccc(NC(=O)C2CCNCC2)c(C)c1. The maximum Gasteiger partial charge on any atom is 0.227 e. The second kappa shape index (κ2) is 8.00. The molecule has 116 valence electrons. The molecule has 2 rings (SSSR count).